The van der Waals surface area contributed by atoms with Crippen LogP contribution in [0.4, 0.5) is 17.6 Å². The van der Waals surface area contributed by atoms with Crippen molar-refractivity contribution in [1.82, 2.24) is 4.57 Å². The van der Waals surface area contributed by atoms with Crippen LogP contribution in [0.2, 0.25) is 0 Å². The smallest absolute Gasteiger partial charge is 0.340 e. The van der Waals surface area contributed by atoms with E-state index in [2.05, 4.69) is 23.6 Å². The summed E-state index contributed by atoms with van der Waals surface area (Å²) >= 11 is 0. The van der Waals surface area contributed by atoms with Crippen LogP contribution in [0.25, 0.3) is 32.6 Å². The molecule has 6 aromatic rings. The van der Waals surface area contributed by atoms with E-state index in [-0.39, 0.29) is 17.2 Å². The number of aromatic nitrogens is 1. The van der Waals surface area contributed by atoms with Crippen molar-refractivity contribution in [3.63, 3.8) is 0 Å². The van der Waals surface area contributed by atoms with Crippen molar-refractivity contribution in [2.45, 2.75) is 79.2 Å². The molecule has 0 amide bonds. The highest BCUT2D eigenvalue weighted by molar-refractivity contribution is 6.27. The highest BCUT2D eigenvalue weighted by atomic mass is 19.3. The molecule has 0 aliphatic carbocycles. The Bertz CT molecular complexity index is 2300. The molecule has 0 aliphatic heterocycles. The van der Waals surface area contributed by atoms with Crippen LogP contribution in [-0.2, 0) is 6.54 Å². The number of alkyl halides is 4. The monoisotopic (exact) mass is 724 g/mol. The minimum Gasteiger partial charge on any atom is -0.487 e. The average molecular weight is 725 g/mol. The zero-order valence-corrected chi connectivity index (χ0v) is 30.7. The van der Waals surface area contributed by atoms with E-state index < -0.39 is 19.0 Å². The van der Waals surface area contributed by atoms with Gasteiger partial charge in [0.2, 0.25) is 0 Å². The van der Waals surface area contributed by atoms with Gasteiger partial charge in [-0.05, 0) is 98.2 Å². The predicted molar refractivity (Wildman–Crippen MR) is 205 cm³/mol. The van der Waals surface area contributed by atoms with Crippen LogP contribution in [0, 0.1) is 26.7 Å². The van der Waals surface area contributed by atoms with Gasteiger partial charge in [-0.25, -0.2) is 8.78 Å². The van der Waals surface area contributed by atoms with Crippen molar-refractivity contribution in [2.24, 2.45) is 11.1 Å². The van der Waals surface area contributed by atoms with Crippen LogP contribution >= 0.6 is 0 Å². The number of hydrogen-bond acceptors (Lipinski definition) is 4. The molecule has 1 N–H and O–H groups in total. The van der Waals surface area contributed by atoms with Gasteiger partial charge >= 0.3 is 12.3 Å². The van der Waals surface area contributed by atoms with Gasteiger partial charge in [-0.1, -0.05) is 80.2 Å². The molecule has 6 rings (SSSR count). The maximum atomic E-state index is 14.2. The first kappa shape index (κ1) is 37.6. The van der Waals surface area contributed by atoms with Crippen LogP contribution in [0.1, 0.15) is 83.3 Å². The molecule has 0 saturated carbocycles. The van der Waals surface area contributed by atoms with Gasteiger partial charge in [-0.2, -0.15) is 8.78 Å². The summed E-state index contributed by atoms with van der Waals surface area (Å²) in [5.74, 6) is -3.94. The molecule has 1 aromatic heterocycles. The summed E-state index contributed by atoms with van der Waals surface area (Å²) < 4.78 is 59.7. The first-order valence-corrected chi connectivity index (χ1v) is 18.1. The fourth-order valence-corrected chi connectivity index (χ4v) is 7.57. The van der Waals surface area contributed by atoms with E-state index in [0.29, 0.717) is 28.2 Å². The van der Waals surface area contributed by atoms with E-state index in [9.17, 15) is 27.6 Å². The lowest BCUT2D eigenvalue weighted by atomic mass is 9.91. The van der Waals surface area contributed by atoms with Crippen LogP contribution in [0.3, 0.4) is 0 Å². The van der Waals surface area contributed by atoms with Gasteiger partial charge in [0.15, 0.2) is 12.4 Å². The lowest BCUT2D eigenvalue weighted by molar-refractivity contribution is -0.148. The van der Waals surface area contributed by atoms with Gasteiger partial charge in [0.1, 0.15) is 11.5 Å². The summed E-state index contributed by atoms with van der Waals surface area (Å²) in [6.45, 7) is 9.68. The van der Waals surface area contributed by atoms with Crippen molar-refractivity contribution in [3.8, 4) is 5.75 Å². The molecule has 276 valence electrons. The molecule has 0 radical (unpaired) electrons. The predicted octanol–water partition coefficient (Wildman–Crippen LogP) is 11.8. The fraction of sp³-hybridized carbons (Fsp3) is 0.318. The highest BCUT2D eigenvalue weighted by Gasteiger charge is 2.41. The number of carbonyl (C=O) groups is 1. The zero-order chi connectivity index (χ0) is 38.0. The second kappa shape index (κ2) is 15.4. The topological polar surface area (TPSA) is 63.8 Å². The Labute approximate surface area is 306 Å². The molecular weight excluding hydrogens is 680 g/mol. The molecule has 0 saturated heterocycles. The van der Waals surface area contributed by atoms with Gasteiger partial charge < -0.3 is 14.5 Å². The number of fused-ring (bicyclic) bond motifs is 5. The maximum Gasteiger partial charge on any atom is 0.340 e. The molecule has 0 spiro atoms. The van der Waals surface area contributed by atoms with Crippen molar-refractivity contribution in [3.05, 3.63) is 124 Å². The minimum atomic E-state index is -4.29. The van der Waals surface area contributed by atoms with Crippen LogP contribution < -0.4 is 4.74 Å². The first-order chi connectivity index (χ1) is 25.4. The van der Waals surface area contributed by atoms with E-state index >= 15 is 0 Å². The van der Waals surface area contributed by atoms with Crippen LogP contribution in [-0.4, -0.2) is 40.2 Å². The Balaban J connectivity index is 1.54. The van der Waals surface area contributed by atoms with Gasteiger partial charge in [0.25, 0.3) is 0 Å². The molecule has 53 heavy (non-hydrogen) atoms. The SMILES string of the molecule is CCCCC(CC)Cn1c2ccc(C(=O)c3c(C)cc(C)cc3C)cc2c2cc(/C(=N/O)c3ccc(OCC(F)(F)C(F)F)cc3)c3ccccc3c21. The third-order valence-corrected chi connectivity index (χ3v) is 10.2. The van der Waals surface area contributed by atoms with E-state index in [4.69, 9.17) is 4.74 Å². The highest BCUT2D eigenvalue weighted by Crippen LogP contribution is 2.39. The summed E-state index contributed by atoms with van der Waals surface area (Å²) in [6, 6.07) is 25.7. The average Bonchev–Trinajstić information content (AvgIpc) is 3.45. The molecule has 1 atom stereocenters. The van der Waals surface area contributed by atoms with Crippen LogP contribution in [0.5, 0.6) is 5.75 Å². The molecule has 0 aliphatic rings. The van der Waals surface area contributed by atoms with Crippen molar-refractivity contribution in [2.75, 3.05) is 6.61 Å². The van der Waals surface area contributed by atoms with E-state index in [1.54, 1.807) is 0 Å². The van der Waals surface area contributed by atoms with E-state index in [1.807, 2.05) is 81.4 Å². The Morgan fingerprint density at radius 1 is 0.849 bits per heavy atom. The summed E-state index contributed by atoms with van der Waals surface area (Å²) in [5, 5.41) is 17.8. The fourth-order valence-electron chi connectivity index (χ4n) is 7.57. The molecule has 5 aromatic carbocycles. The Hall–Kier alpha value is -5.18. The number of ether oxygens (including phenoxy) is 1. The summed E-state index contributed by atoms with van der Waals surface area (Å²) in [5.41, 5.74) is 7.52. The molecule has 1 heterocycles. The van der Waals surface area contributed by atoms with Gasteiger partial charge in [0, 0.05) is 50.5 Å². The minimum absolute atomic E-state index is 0.0282. The lowest BCUT2D eigenvalue weighted by Gasteiger charge is -2.19. The van der Waals surface area contributed by atoms with E-state index in [0.717, 1.165) is 81.5 Å². The molecular formula is C44H44F4N2O3. The van der Waals surface area contributed by atoms with Crippen molar-refractivity contribution < 1.29 is 32.3 Å². The summed E-state index contributed by atoms with van der Waals surface area (Å²) in [4.78, 5) is 14.2. The summed E-state index contributed by atoms with van der Waals surface area (Å²) in [6.07, 6.45) is 0.494. The number of nitrogens with zero attached hydrogens (tertiary/aromatic N) is 2. The number of carbonyl (C=O) groups excluding carboxylic acids is 1. The normalized spacial score (nSPS) is 13.1. The number of hydrogen-bond donors (Lipinski definition) is 1. The number of oxime groups is 1. The zero-order valence-electron chi connectivity index (χ0n) is 30.7. The number of rotatable bonds is 14. The lowest BCUT2D eigenvalue weighted by Crippen LogP contribution is -2.33. The third kappa shape index (κ3) is 7.39. The number of aryl methyl sites for hydroxylation is 3. The van der Waals surface area contributed by atoms with Crippen molar-refractivity contribution in [1.29, 1.82) is 0 Å². The van der Waals surface area contributed by atoms with Crippen LogP contribution in [0.15, 0.2) is 90.1 Å². The van der Waals surface area contributed by atoms with E-state index in [1.165, 1.54) is 24.3 Å². The number of halogens is 4. The summed E-state index contributed by atoms with van der Waals surface area (Å²) in [7, 11) is 0. The molecule has 9 heteroatoms. The van der Waals surface area contributed by atoms with Crippen molar-refractivity contribution >= 4 is 44.1 Å². The maximum absolute atomic E-state index is 14.2. The first-order valence-electron chi connectivity index (χ1n) is 18.1. The molecule has 1 unspecified atom stereocenters. The second-order valence-electron chi connectivity index (χ2n) is 14.1. The Kier molecular flexibility index (Phi) is 10.9. The molecule has 0 fully saturated rings. The quantitative estimate of drug-likeness (QED) is 0.0400. The molecule has 0 bridgehead atoms. The number of ketones is 1. The second-order valence-corrected chi connectivity index (χ2v) is 14.1. The molecule has 5 nitrogen and oxygen atoms in total. The third-order valence-electron chi connectivity index (χ3n) is 10.2. The van der Waals surface area contributed by atoms with Gasteiger partial charge in [-0.3, -0.25) is 4.79 Å². The Morgan fingerprint density at radius 3 is 2.13 bits per heavy atom. The van der Waals surface area contributed by atoms with Gasteiger partial charge in [-0.15, -0.1) is 0 Å². The number of benzene rings is 5. The van der Waals surface area contributed by atoms with Gasteiger partial charge in [0.05, 0.1) is 5.52 Å². The number of unbranched alkanes of at least 4 members (excludes halogenated alkanes) is 1. The standard InChI is InChI=1S/C44H44F4N2O3/c1-6-8-11-29(7-2)24-50-38-19-16-31(42(51)39-27(4)20-26(3)21-28(39)5)22-35(38)37-23-36(33-12-9-10-13-34(33)41(37)50)40(49-52)30-14-17-32(18-15-30)53-25-44(47,48)43(45)46/h9-10,12-23,29,43,52H,6-8,11,24-25H2,1-5H3/b49-40+. The largest absolute Gasteiger partial charge is 0.487 e. The Morgan fingerprint density at radius 2 is 1.51 bits per heavy atom.